The highest BCUT2D eigenvalue weighted by molar-refractivity contribution is 7.92. The number of carbonyl (C=O) groups excluding carboxylic acids is 2. The molecule has 0 spiro atoms. The molecule has 0 radical (unpaired) electrons. The molecule has 8 nitrogen and oxygen atoms in total. The summed E-state index contributed by atoms with van der Waals surface area (Å²) in [5, 5.41) is 2.91. The van der Waals surface area contributed by atoms with E-state index in [9.17, 15) is 18.0 Å². The lowest BCUT2D eigenvalue weighted by Crippen LogP contribution is -2.52. The van der Waals surface area contributed by atoms with Gasteiger partial charge in [-0.1, -0.05) is 42.8 Å². The summed E-state index contributed by atoms with van der Waals surface area (Å²) in [5.41, 5.74) is 2.22. The monoisotopic (exact) mass is 489 g/mol. The second-order valence-electron chi connectivity index (χ2n) is 8.47. The second kappa shape index (κ2) is 11.9. The van der Waals surface area contributed by atoms with Gasteiger partial charge in [0.15, 0.2) is 0 Å². The standard InChI is InChI=1S/C25H35N3O5S/c1-7-19(3)26-25(30)20(4)27(16-21-13-11-18(2)12-14-21)24(29)17-28(34(6,31)32)22-9-8-10-23(15-22)33-5/h8-15,19-20H,7,16-17H2,1-6H3,(H,26,30)/t19-,20-/m0/s1. The first-order valence-corrected chi connectivity index (χ1v) is 13.1. The average molecular weight is 490 g/mol. The molecule has 34 heavy (non-hydrogen) atoms. The molecule has 0 aromatic heterocycles. The van der Waals surface area contributed by atoms with Crippen molar-refractivity contribution in [2.24, 2.45) is 0 Å². The number of benzene rings is 2. The van der Waals surface area contributed by atoms with Crippen LogP contribution in [-0.4, -0.2) is 57.1 Å². The highest BCUT2D eigenvalue weighted by Gasteiger charge is 2.30. The molecular formula is C25H35N3O5S. The van der Waals surface area contributed by atoms with Gasteiger partial charge in [-0.15, -0.1) is 0 Å². The van der Waals surface area contributed by atoms with Crippen molar-refractivity contribution >= 4 is 27.5 Å². The lowest BCUT2D eigenvalue weighted by atomic mass is 10.1. The minimum atomic E-state index is -3.79. The number of nitrogens with zero attached hydrogens (tertiary/aromatic N) is 2. The number of hydrogen-bond acceptors (Lipinski definition) is 5. The molecule has 186 valence electrons. The van der Waals surface area contributed by atoms with Crippen LogP contribution < -0.4 is 14.4 Å². The number of anilines is 1. The van der Waals surface area contributed by atoms with E-state index in [1.807, 2.05) is 45.0 Å². The van der Waals surface area contributed by atoms with Gasteiger partial charge < -0.3 is 15.0 Å². The smallest absolute Gasteiger partial charge is 0.244 e. The van der Waals surface area contributed by atoms with Crippen LogP contribution in [0.5, 0.6) is 5.75 Å². The van der Waals surface area contributed by atoms with Gasteiger partial charge in [0, 0.05) is 18.7 Å². The fourth-order valence-electron chi connectivity index (χ4n) is 3.32. The largest absolute Gasteiger partial charge is 0.497 e. The van der Waals surface area contributed by atoms with Crippen LogP contribution in [0.1, 0.15) is 38.3 Å². The van der Waals surface area contributed by atoms with Crippen molar-refractivity contribution in [3.63, 3.8) is 0 Å². The Morgan fingerprint density at radius 3 is 2.29 bits per heavy atom. The summed E-state index contributed by atoms with van der Waals surface area (Å²) in [6.45, 7) is 7.20. The number of nitrogens with one attached hydrogen (secondary N) is 1. The van der Waals surface area contributed by atoms with Crippen LogP contribution in [0.4, 0.5) is 5.69 Å². The van der Waals surface area contributed by atoms with Crippen LogP contribution in [0.25, 0.3) is 0 Å². The van der Waals surface area contributed by atoms with Gasteiger partial charge in [0.1, 0.15) is 18.3 Å². The van der Waals surface area contributed by atoms with Crippen molar-refractivity contribution < 1.29 is 22.7 Å². The third-order valence-electron chi connectivity index (χ3n) is 5.66. The van der Waals surface area contributed by atoms with Crippen LogP contribution >= 0.6 is 0 Å². The van der Waals surface area contributed by atoms with Crippen molar-refractivity contribution in [2.75, 3.05) is 24.2 Å². The third kappa shape index (κ3) is 7.48. The number of rotatable bonds is 11. The maximum Gasteiger partial charge on any atom is 0.244 e. The summed E-state index contributed by atoms with van der Waals surface area (Å²) in [4.78, 5) is 27.8. The van der Waals surface area contributed by atoms with Crippen LogP contribution in [0.2, 0.25) is 0 Å². The van der Waals surface area contributed by atoms with E-state index in [4.69, 9.17) is 4.74 Å². The highest BCUT2D eigenvalue weighted by atomic mass is 32.2. The molecule has 0 saturated carbocycles. The summed E-state index contributed by atoms with van der Waals surface area (Å²) >= 11 is 0. The van der Waals surface area contributed by atoms with Crippen molar-refractivity contribution in [1.82, 2.24) is 10.2 Å². The lowest BCUT2D eigenvalue weighted by molar-refractivity contribution is -0.139. The van der Waals surface area contributed by atoms with E-state index in [0.717, 1.165) is 28.1 Å². The van der Waals surface area contributed by atoms with Crippen molar-refractivity contribution in [1.29, 1.82) is 0 Å². The number of carbonyl (C=O) groups is 2. The molecule has 1 N–H and O–H groups in total. The Morgan fingerprint density at radius 2 is 1.74 bits per heavy atom. The van der Waals surface area contributed by atoms with E-state index in [2.05, 4.69) is 5.32 Å². The number of aryl methyl sites for hydroxylation is 1. The Morgan fingerprint density at radius 1 is 1.09 bits per heavy atom. The van der Waals surface area contributed by atoms with Crippen molar-refractivity contribution in [3.8, 4) is 5.75 Å². The fraction of sp³-hybridized carbons (Fsp3) is 0.440. The Kier molecular flexibility index (Phi) is 9.49. The number of hydrogen-bond donors (Lipinski definition) is 1. The second-order valence-corrected chi connectivity index (χ2v) is 10.4. The quantitative estimate of drug-likeness (QED) is 0.523. The average Bonchev–Trinajstić information content (AvgIpc) is 2.80. The van der Waals surface area contributed by atoms with Gasteiger partial charge in [0.25, 0.3) is 0 Å². The number of sulfonamides is 1. The molecule has 0 fully saturated rings. The molecule has 2 aromatic carbocycles. The first kappa shape index (κ1) is 27.2. The molecule has 0 heterocycles. The van der Waals surface area contributed by atoms with Crippen LogP contribution in [0, 0.1) is 6.92 Å². The Balaban J connectivity index is 2.38. The van der Waals surface area contributed by atoms with Crippen LogP contribution in [-0.2, 0) is 26.2 Å². The lowest BCUT2D eigenvalue weighted by Gasteiger charge is -2.32. The van der Waals surface area contributed by atoms with Crippen LogP contribution in [0.15, 0.2) is 48.5 Å². The Bertz CT molecular complexity index is 1090. The maximum atomic E-state index is 13.5. The Hall–Kier alpha value is -3.07. The summed E-state index contributed by atoms with van der Waals surface area (Å²) in [6.07, 6.45) is 1.80. The molecule has 2 amide bonds. The van der Waals surface area contributed by atoms with Crippen molar-refractivity contribution in [3.05, 3.63) is 59.7 Å². The van der Waals surface area contributed by atoms with E-state index in [0.29, 0.717) is 11.4 Å². The molecule has 2 aromatic rings. The van der Waals surface area contributed by atoms with E-state index < -0.39 is 28.5 Å². The molecule has 2 atom stereocenters. The highest BCUT2D eigenvalue weighted by Crippen LogP contribution is 2.23. The van der Waals surface area contributed by atoms with Gasteiger partial charge in [0.05, 0.1) is 19.1 Å². The molecule has 0 bridgehead atoms. The van der Waals surface area contributed by atoms with Gasteiger partial charge in [-0.05, 0) is 44.9 Å². The summed E-state index contributed by atoms with van der Waals surface area (Å²) < 4.78 is 31.5. The zero-order valence-electron chi connectivity index (χ0n) is 20.7. The topological polar surface area (TPSA) is 96.0 Å². The molecule has 9 heteroatoms. The molecule has 0 aliphatic carbocycles. The van der Waals surface area contributed by atoms with E-state index >= 15 is 0 Å². The molecule has 0 saturated heterocycles. The minimum Gasteiger partial charge on any atom is -0.497 e. The first-order valence-electron chi connectivity index (χ1n) is 11.2. The van der Waals surface area contributed by atoms with Gasteiger partial charge in [0.2, 0.25) is 21.8 Å². The normalized spacial score (nSPS) is 13.0. The Labute approximate surface area is 202 Å². The third-order valence-corrected chi connectivity index (χ3v) is 6.80. The zero-order valence-corrected chi connectivity index (χ0v) is 21.6. The fourth-order valence-corrected chi connectivity index (χ4v) is 4.16. The first-order chi connectivity index (χ1) is 16.0. The maximum absolute atomic E-state index is 13.5. The molecular weight excluding hydrogens is 454 g/mol. The minimum absolute atomic E-state index is 0.0458. The zero-order chi connectivity index (χ0) is 25.5. The molecule has 2 rings (SSSR count). The summed E-state index contributed by atoms with van der Waals surface area (Å²) in [6, 6.07) is 13.3. The number of ether oxygens (including phenoxy) is 1. The van der Waals surface area contributed by atoms with E-state index in [1.54, 1.807) is 31.2 Å². The van der Waals surface area contributed by atoms with Crippen molar-refractivity contribution in [2.45, 2.75) is 52.7 Å². The van der Waals surface area contributed by atoms with Gasteiger partial charge >= 0.3 is 0 Å². The van der Waals surface area contributed by atoms with E-state index in [-0.39, 0.29) is 18.5 Å². The van der Waals surface area contributed by atoms with Gasteiger partial charge in [-0.3, -0.25) is 13.9 Å². The predicted octanol–water partition coefficient (Wildman–Crippen LogP) is 3.10. The molecule has 0 aliphatic rings. The summed E-state index contributed by atoms with van der Waals surface area (Å²) in [7, 11) is -2.31. The summed E-state index contributed by atoms with van der Waals surface area (Å²) in [5.74, 6) is -0.306. The number of methoxy groups -OCH3 is 1. The van der Waals surface area contributed by atoms with Gasteiger partial charge in [-0.2, -0.15) is 0 Å². The SMILES string of the molecule is CC[C@H](C)NC(=O)[C@H](C)N(Cc1ccc(C)cc1)C(=O)CN(c1cccc(OC)c1)S(C)(=O)=O. The van der Waals surface area contributed by atoms with Gasteiger partial charge in [-0.25, -0.2) is 8.42 Å². The van der Waals surface area contributed by atoms with Crippen LogP contribution in [0.3, 0.4) is 0 Å². The predicted molar refractivity (Wildman–Crippen MR) is 134 cm³/mol. The van der Waals surface area contributed by atoms with E-state index in [1.165, 1.54) is 12.0 Å². The number of amides is 2. The molecule has 0 aliphatic heterocycles. The molecule has 0 unspecified atom stereocenters.